The molecule has 0 bridgehead atoms. The fourth-order valence-corrected chi connectivity index (χ4v) is 3.17. The smallest absolute Gasteiger partial charge is 0.337 e. The van der Waals surface area contributed by atoms with E-state index in [1.54, 1.807) is 41.5 Å². The van der Waals surface area contributed by atoms with E-state index >= 15 is 0 Å². The second kappa shape index (κ2) is 6.70. The van der Waals surface area contributed by atoms with E-state index in [0.29, 0.717) is 17.9 Å². The number of halogens is 3. The van der Waals surface area contributed by atoms with E-state index in [2.05, 4.69) is 4.98 Å². The van der Waals surface area contributed by atoms with Gasteiger partial charge < -0.3 is 9.47 Å². The highest BCUT2D eigenvalue weighted by molar-refractivity contribution is 6.40. The van der Waals surface area contributed by atoms with Crippen molar-refractivity contribution in [1.29, 1.82) is 0 Å². The van der Waals surface area contributed by atoms with Gasteiger partial charge >= 0.3 is 6.18 Å². The van der Waals surface area contributed by atoms with Gasteiger partial charge in [-0.05, 0) is 12.0 Å². The number of carbonyl (C=O) groups excluding carboxylic acids is 2. The van der Waals surface area contributed by atoms with Crippen LogP contribution in [-0.2, 0) is 16.1 Å². The zero-order chi connectivity index (χ0) is 18.0. The number of likely N-dealkylation sites (tertiary alicyclic amines) is 1. The van der Waals surface area contributed by atoms with Gasteiger partial charge in [-0.1, -0.05) is 30.3 Å². The molecule has 1 aromatic carbocycles. The minimum absolute atomic E-state index is 0.143. The van der Waals surface area contributed by atoms with E-state index in [0.717, 1.165) is 0 Å². The van der Waals surface area contributed by atoms with E-state index in [-0.39, 0.29) is 12.1 Å². The number of carbonyl (C=O) groups is 2. The number of aryl methyl sites for hydroxylation is 1. The van der Waals surface area contributed by atoms with Crippen LogP contribution >= 0.6 is 0 Å². The fraction of sp³-hybridized carbons (Fsp3) is 0.353. The summed E-state index contributed by atoms with van der Waals surface area (Å²) in [6.07, 6.45) is 0.408. The van der Waals surface area contributed by atoms with Gasteiger partial charge in [0.15, 0.2) is 0 Å². The molecule has 3 rings (SSSR count). The predicted octanol–water partition coefficient (Wildman–Crippen LogP) is 2.40. The van der Waals surface area contributed by atoms with Gasteiger partial charge in [-0.15, -0.1) is 0 Å². The molecule has 1 aliphatic heterocycles. The zero-order valence-electron chi connectivity index (χ0n) is 13.2. The number of hydrogen-bond donors (Lipinski definition) is 0. The monoisotopic (exact) mass is 351 g/mol. The van der Waals surface area contributed by atoms with Crippen LogP contribution < -0.4 is 0 Å². The summed E-state index contributed by atoms with van der Waals surface area (Å²) in [7, 11) is 0. The first-order valence-corrected chi connectivity index (χ1v) is 7.82. The third-order valence-corrected chi connectivity index (χ3v) is 4.27. The summed E-state index contributed by atoms with van der Waals surface area (Å²) in [4.78, 5) is 29.0. The van der Waals surface area contributed by atoms with Crippen molar-refractivity contribution in [3.8, 4) is 0 Å². The van der Waals surface area contributed by atoms with Crippen LogP contribution in [0.4, 0.5) is 13.2 Å². The number of hydrogen-bond acceptors (Lipinski definition) is 3. The molecule has 1 aromatic heterocycles. The number of benzene rings is 1. The standard InChI is InChI=1S/C17H16F3N3O2/c18-17(19,20)15-13(12-5-2-1-3-6-12)14(24)16(25)23(15)9-4-8-22-10-7-21-11-22/h1-3,5-7,10-11,13,15H,4,8-9H2. The SMILES string of the molecule is O=C1C(=O)N(CCCn2ccnc2)C(C(F)(F)F)C1c1ccccc1. The summed E-state index contributed by atoms with van der Waals surface area (Å²) in [5.41, 5.74) is 0.209. The van der Waals surface area contributed by atoms with E-state index in [9.17, 15) is 22.8 Å². The molecule has 2 atom stereocenters. The van der Waals surface area contributed by atoms with Gasteiger partial charge in [-0.25, -0.2) is 4.98 Å². The Hall–Kier alpha value is -2.64. The van der Waals surface area contributed by atoms with Crippen LogP contribution in [0.25, 0.3) is 0 Å². The van der Waals surface area contributed by atoms with Gasteiger partial charge in [0.05, 0.1) is 12.2 Å². The third-order valence-electron chi connectivity index (χ3n) is 4.27. The zero-order valence-corrected chi connectivity index (χ0v) is 13.2. The first-order valence-electron chi connectivity index (χ1n) is 7.82. The van der Waals surface area contributed by atoms with Crippen LogP contribution in [0, 0.1) is 0 Å². The van der Waals surface area contributed by atoms with Crippen LogP contribution in [0.5, 0.6) is 0 Å². The Bertz CT molecular complexity index is 744. The average molecular weight is 351 g/mol. The molecule has 0 spiro atoms. The highest BCUT2D eigenvalue weighted by Crippen LogP contribution is 2.41. The van der Waals surface area contributed by atoms with Gasteiger partial charge in [0.1, 0.15) is 6.04 Å². The summed E-state index contributed by atoms with van der Waals surface area (Å²) in [5.74, 6) is -3.58. The van der Waals surface area contributed by atoms with Gasteiger partial charge in [-0.2, -0.15) is 13.2 Å². The molecule has 2 aromatic rings. The molecule has 5 nitrogen and oxygen atoms in total. The Morgan fingerprint density at radius 3 is 2.40 bits per heavy atom. The number of rotatable bonds is 5. The summed E-state index contributed by atoms with van der Waals surface area (Å²) < 4.78 is 42.6. The lowest BCUT2D eigenvalue weighted by molar-refractivity contribution is -0.183. The van der Waals surface area contributed by atoms with Crippen molar-refractivity contribution in [1.82, 2.24) is 14.5 Å². The highest BCUT2D eigenvalue weighted by atomic mass is 19.4. The maximum Gasteiger partial charge on any atom is 0.409 e. The molecule has 25 heavy (non-hydrogen) atoms. The number of amides is 1. The van der Waals surface area contributed by atoms with Gasteiger partial charge in [-0.3, -0.25) is 9.59 Å². The topological polar surface area (TPSA) is 55.2 Å². The lowest BCUT2D eigenvalue weighted by atomic mass is 9.90. The van der Waals surface area contributed by atoms with Crippen molar-refractivity contribution in [2.45, 2.75) is 31.1 Å². The molecule has 8 heteroatoms. The molecule has 1 saturated heterocycles. The lowest BCUT2D eigenvalue weighted by Gasteiger charge is -2.29. The third kappa shape index (κ3) is 3.42. The lowest BCUT2D eigenvalue weighted by Crippen LogP contribution is -2.46. The number of Topliss-reactive ketones (excluding diaryl/α,β-unsaturated/α-hetero) is 1. The first-order chi connectivity index (χ1) is 11.9. The van der Waals surface area contributed by atoms with Crippen LogP contribution in [0.2, 0.25) is 0 Å². The number of ketones is 1. The molecule has 0 aliphatic carbocycles. The fourth-order valence-electron chi connectivity index (χ4n) is 3.17. The van der Waals surface area contributed by atoms with Crippen molar-refractivity contribution in [3.63, 3.8) is 0 Å². The minimum Gasteiger partial charge on any atom is -0.337 e. The molecule has 0 radical (unpaired) electrons. The van der Waals surface area contributed by atoms with Crippen LogP contribution in [-0.4, -0.2) is 44.9 Å². The number of imidazole rings is 1. The molecular weight excluding hydrogens is 335 g/mol. The molecule has 2 heterocycles. The minimum atomic E-state index is -4.68. The number of nitrogens with zero attached hydrogens (tertiary/aromatic N) is 3. The van der Waals surface area contributed by atoms with E-state index in [1.165, 1.54) is 12.1 Å². The van der Waals surface area contributed by atoms with Crippen molar-refractivity contribution in [3.05, 3.63) is 54.6 Å². The second-order valence-electron chi connectivity index (χ2n) is 5.89. The average Bonchev–Trinajstić information content (AvgIpc) is 3.17. The maximum absolute atomic E-state index is 13.6. The highest BCUT2D eigenvalue weighted by Gasteiger charge is 2.59. The number of alkyl halides is 3. The van der Waals surface area contributed by atoms with Crippen LogP contribution in [0.3, 0.4) is 0 Å². The summed E-state index contributed by atoms with van der Waals surface area (Å²) in [6.45, 7) is 0.273. The second-order valence-corrected chi connectivity index (χ2v) is 5.89. The van der Waals surface area contributed by atoms with Gasteiger partial charge in [0.2, 0.25) is 5.78 Å². The molecule has 2 unspecified atom stereocenters. The van der Waals surface area contributed by atoms with E-state index in [1.807, 2.05) is 0 Å². The Morgan fingerprint density at radius 2 is 1.80 bits per heavy atom. The van der Waals surface area contributed by atoms with Crippen LogP contribution in [0.15, 0.2) is 49.1 Å². The van der Waals surface area contributed by atoms with Crippen molar-refractivity contribution >= 4 is 11.7 Å². The molecule has 1 amide bonds. The van der Waals surface area contributed by atoms with Crippen molar-refractivity contribution < 1.29 is 22.8 Å². The molecular formula is C17H16F3N3O2. The van der Waals surface area contributed by atoms with Crippen molar-refractivity contribution in [2.75, 3.05) is 6.54 Å². The Kier molecular flexibility index (Phi) is 4.61. The predicted molar refractivity (Wildman–Crippen MR) is 82.6 cm³/mol. The van der Waals surface area contributed by atoms with Gasteiger partial charge in [0.25, 0.3) is 5.91 Å². The van der Waals surface area contributed by atoms with E-state index in [4.69, 9.17) is 0 Å². The Morgan fingerprint density at radius 1 is 1.08 bits per heavy atom. The molecule has 0 saturated carbocycles. The summed E-state index contributed by atoms with van der Waals surface area (Å²) in [6, 6.07) is 5.53. The van der Waals surface area contributed by atoms with Crippen LogP contribution in [0.1, 0.15) is 17.9 Å². The first kappa shape index (κ1) is 17.2. The van der Waals surface area contributed by atoms with E-state index < -0.39 is 29.8 Å². The number of aromatic nitrogens is 2. The Labute approximate surface area is 142 Å². The molecule has 1 aliphatic rings. The largest absolute Gasteiger partial charge is 0.409 e. The maximum atomic E-state index is 13.6. The molecule has 1 fully saturated rings. The quantitative estimate of drug-likeness (QED) is 0.778. The molecule has 132 valence electrons. The molecule has 0 N–H and O–H groups in total. The van der Waals surface area contributed by atoms with Gasteiger partial charge in [0, 0.05) is 25.5 Å². The van der Waals surface area contributed by atoms with Crippen molar-refractivity contribution in [2.24, 2.45) is 0 Å². The summed E-state index contributed by atoms with van der Waals surface area (Å²) in [5, 5.41) is 0. The summed E-state index contributed by atoms with van der Waals surface area (Å²) >= 11 is 0. The Balaban J connectivity index is 1.83. The normalized spacial score (nSPS) is 21.2.